The minimum Gasteiger partial charge on any atom is -0.497 e. The number of methoxy groups -OCH3 is 1. The Bertz CT molecular complexity index is 1720. The molecule has 0 aliphatic heterocycles. The Hall–Kier alpha value is -4.37. The van der Waals surface area contributed by atoms with Crippen molar-refractivity contribution in [3.05, 3.63) is 107 Å². The van der Waals surface area contributed by atoms with Crippen molar-refractivity contribution in [1.82, 2.24) is 24.3 Å². The summed E-state index contributed by atoms with van der Waals surface area (Å²) in [4.78, 5) is 13.4. The molecular formula is C27H21N5O3S. The Balaban J connectivity index is 1.34. The molecule has 6 aromatic rings. The van der Waals surface area contributed by atoms with E-state index in [2.05, 4.69) is 15.4 Å². The highest BCUT2D eigenvalue weighted by Crippen LogP contribution is 2.28. The number of hydrogen-bond donors (Lipinski definition) is 0. The fourth-order valence-corrected chi connectivity index (χ4v) is 4.97. The molecule has 9 heteroatoms. The minimum atomic E-state index is -0.0923. The van der Waals surface area contributed by atoms with Crippen LogP contribution in [0.2, 0.25) is 0 Å². The Labute approximate surface area is 210 Å². The molecule has 3 heterocycles. The Morgan fingerprint density at radius 3 is 2.53 bits per heavy atom. The van der Waals surface area contributed by atoms with Gasteiger partial charge in [0.05, 0.1) is 30.3 Å². The van der Waals surface area contributed by atoms with Crippen LogP contribution in [0.4, 0.5) is 0 Å². The van der Waals surface area contributed by atoms with E-state index in [1.807, 2.05) is 89.3 Å². The quantitative estimate of drug-likeness (QED) is 0.287. The number of fused-ring (bicyclic) bond motifs is 3. The van der Waals surface area contributed by atoms with Gasteiger partial charge in [-0.1, -0.05) is 59.4 Å². The zero-order chi connectivity index (χ0) is 24.5. The molecule has 0 aliphatic rings. The summed E-state index contributed by atoms with van der Waals surface area (Å²) in [6.07, 6.45) is 0. The number of hydrogen-bond acceptors (Lipinski definition) is 7. The lowest BCUT2D eigenvalue weighted by atomic mass is 10.1. The second-order valence-electron chi connectivity index (χ2n) is 8.21. The van der Waals surface area contributed by atoms with Gasteiger partial charge in [0.2, 0.25) is 5.78 Å². The lowest BCUT2D eigenvalue weighted by Crippen LogP contribution is -2.24. The van der Waals surface area contributed by atoms with E-state index in [4.69, 9.17) is 9.26 Å². The first kappa shape index (κ1) is 22.1. The van der Waals surface area contributed by atoms with Gasteiger partial charge in [0.25, 0.3) is 5.56 Å². The normalized spacial score (nSPS) is 11.4. The van der Waals surface area contributed by atoms with Gasteiger partial charge < -0.3 is 9.26 Å². The molecule has 0 N–H and O–H groups in total. The van der Waals surface area contributed by atoms with E-state index in [9.17, 15) is 4.79 Å². The maximum Gasteiger partial charge on any atom is 0.263 e. The van der Waals surface area contributed by atoms with Gasteiger partial charge in [-0.3, -0.25) is 13.8 Å². The molecule has 3 aromatic carbocycles. The van der Waals surface area contributed by atoms with Gasteiger partial charge in [0, 0.05) is 11.6 Å². The van der Waals surface area contributed by atoms with Gasteiger partial charge >= 0.3 is 0 Å². The standard InChI is InChI=1S/C27H21N5O3S/c1-34-20-13-11-19(12-14-20)23-15-21(35-30-23)17-36-27-29-28-26-31(16-18-7-3-2-4-8-18)25(33)22-9-5-6-10-24(22)32(26)27/h2-15H,16-17H2,1H3. The van der Waals surface area contributed by atoms with Crippen LogP contribution in [0.15, 0.2) is 99.4 Å². The zero-order valence-electron chi connectivity index (χ0n) is 19.4. The van der Waals surface area contributed by atoms with Crippen LogP contribution < -0.4 is 10.3 Å². The van der Waals surface area contributed by atoms with Gasteiger partial charge in [-0.05, 0) is 42.0 Å². The van der Waals surface area contributed by atoms with Crippen LogP contribution in [0.25, 0.3) is 27.9 Å². The summed E-state index contributed by atoms with van der Waals surface area (Å²) in [7, 11) is 1.64. The summed E-state index contributed by atoms with van der Waals surface area (Å²) < 4.78 is 14.4. The Morgan fingerprint density at radius 2 is 1.72 bits per heavy atom. The lowest BCUT2D eigenvalue weighted by Gasteiger charge is -2.11. The maximum absolute atomic E-state index is 13.4. The zero-order valence-corrected chi connectivity index (χ0v) is 20.2. The third kappa shape index (κ3) is 4.03. The summed E-state index contributed by atoms with van der Waals surface area (Å²) in [6.45, 7) is 0.407. The van der Waals surface area contributed by atoms with Crippen LogP contribution in [0.1, 0.15) is 11.3 Å². The summed E-state index contributed by atoms with van der Waals surface area (Å²) in [5, 5.41) is 14.3. The first-order valence-corrected chi connectivity index (χ1v) is 12.3. The average Bonchev–Trinajstić information content (AvgIpc) is 3.58. The van der Waals surface area contributed by atoms with Crippen LogP contribution in [-0.4, -0.2) is 31.4 Å². The van der Waals surface area contributed by atoms with Crippen molar-refractivity contribution in [3.63, 3.8) is 0 Å². The monoisotopic (exact) mass is 495 g/mol. The second kappa shape index (κ2) is 9.35. The van der Waals surface area contributed by atoms with Crippen LogP contribution in [0.3, 0.4) is 0 Å². The smallest absolute Gasteiger partial charge is 0.263 e. The van der Waals surface area contributed by atoms with E-state index in [0.29, 0.717) is 34.4 Å². The molecule has 3 aromatic heterocycles. The van der Waals surface area contributed by atoms with Crippen LogP contribution in [0, 0.1) is 0 Å². The van der Waals surface area contributed by atoms with Crippen molar-refractivity contribution in [2.45, 2.75) is 17.5 Å². The van der Waals surface area contributed by atoms with E-state index in [-0.39, 0.29) is 5.56 Å². The summed E-state index contributed by atoms with van der Waals surface area (Å²) >= 11 is 1.48. The number of ether oxygens (including phenoxy) is 1. The van der Waals surface area contributed by atoms with Crippen LogP contribution >= 0.6 is 11.8 Å². The molecule has 0 saturated carbocycles. The molecule has 0 fully saturated rings. The SMILES string of the molecule is COc1ccc(-c2cc(CSc3nnc4n(Cc5ccccc5)c(=O)c5ccccc5n34)on2)cc1. The number of thioether (sulfide) groups is 1. The van der Waals surface area contributed by atoms with Crippen LogP contribution in [-0.2, 0) is 12.3 Å². The van der Waals surface area contributed by atoms with Crippen LogP contribution in [0.5, 0.6) is 5.75 Å². The van der Waals surface area contributed by atoms with E-state index in [1.165, 1.54) is 11.8 Å². The maximum atomic E-state index is 13.4. The molecular weight excluding hydrogens is 474 g/mol. The van der Waals surface area contributed by atoms with E-state index < -0.39 is 0 Å². The van der Waals surface area contributed by atoms with Gasteiger partial charge in [-0.2, -0.15) is 0 Å². The number of rotatable bonds is 7. The molecule has 0 unspecified atom stereocenters. The average molecular weight is 496 g/mol. The number of aromatic nitrogens is 5. The predicted molar refractivity (Wildman–Crippen MR) is 138 cm³/mol. The molecule has 8 nitrogen and oxygen atoms in total. The Morgan fingerprint density at radius 1 is 0.944 bits per heavy atom. The highest BCUT2D eigenvalue weighted by Gasteiger charge is 2.18. The van der Waals surface area contributed by atoms with Crippen molar-refractivity contribution in [3.8, 4) is 17.0 Å². The van der Waals surface area contributed by atoms with Crippen molar-refractivity contribution >= 4 is 28.4 Å². The number of benzene rings is 3. The number of para-hydroxylation sites is 1. The Kier molecular flexibility index (Phi) is 5.74. The van der Waals surface area contributed by atoms with Crippen molar-refractivity contribution < 1.29 is 9.26 Å². The fourth-order valence-electron chi connectivity index (χ4n) is 4.15. The van der Waals surface area contributed by atoms with Gasteiger partial charge in [-0.25, -0.2) is 0 Å². The molecule has 0 atom stereocenters. The molecule has 0 bridgehead atoms. The molecule has 0 saturated heterocycles. The van der Waals surface area contributed by atoms with Gasteiger partial charge in [0.1, 0.15) is 17.2 Å². The van der Waals surface area contributed by atoms with Crippen molar-refractivity contribution in [2.75, 3.05) is 7.11 Å². The van der Waals surface area contributed by atoms with Gasteiger partial charge in [0.15, 0.2) is 5.16 Å². The summed E-state index contributed by atoms with van der Waals surface area (Å²) in [5.74, 6) is 2.51. The molecule has 6 rings (SSSR count). The summed E-state index contributed by atoms with van der Waals surface area (Å²) in [6, 6.07) is 27.0. The van der Waals surface area contributed by atoms with Crippen molar-refractivity contribution in [2.24, 2.45) is 0 Å². The van der Waals surface area contributed by atoms with Gasteiger partial charge in [-0.15, -0.1) is 10.2 Å². The number of nitrogens with zero attached hydrogens (tertiary/aromatic N) is 5. The highest BCUT2D eigenvalue weighted by atomic mass is 32.2. The second-order valence-corrected chi connectivity index (χ2v) is 9.15. The molecule has 0 spiro atoms. The third-order valence-electron chi connectivity index (χ3n) is 5.95. The molecule has 0 aliphatic carbocycles. The fraction of sp³-hybridized carbons (Fsp3) is 0.111. The lowest BCUT2D eigenvalue weighted by molar-refractivity contribution is 0.397. The molecule has 0 amide bonds. The predicted octanol–water partition coefficient (Wildman–Crippen LogP) is 5.05. The highest BCUT2D eigenvalue weighted by molar-refractivity contribution is 7.98. The third-order valence-corrected chi connectivity index (χ3v) is 6.90. The van der Waals surface area contributed by atoms with E-state index >= 15 is 0 Å². The molecule has 0 radical (unpaired) electrons. The first-order chi connectivity index (χ1) is 17.7. The molecule has 36 heavy (non-hydrogen) atoms. The topological polar surface area (TPSA) is 87.5 Å². The first-order valence-electron chi connectivity index (χ1n) is 11.3. The van der Waals surface area contributed by atoms with Crippen molar-refractivity contribution in [1.29, 1.82) is 0 Å². The summed E-state index contributed by atoms with van der Waals surface area (Å²) in [5.41, 5.74) is 3.39. The van der Waals surface area contributed by atoms with E-state index in [0.717, 1.165) is 28.1 Å². The largest absolute Gasteiger partial charge is 0.497 e. The van der Waals surface area contributed by atoms with E-state index in [1.54, 1.807) is 11.7 Å². The molecule has 178 valence electrons. The minimum absolute atomic E-state index is 0.0923.